The molecule has 1 rings (SSSR count). The number of carbonyl (C=O) groups is 1. The van der Waals surface area contributed by atoms with E-state index in [1.54, 1.807) is 0 Å². The Hall–Kier alpha value is -0.780. The van der Waals surface area contributed by atoms with Crippen LogP contribution in [0.2, 0.25) is 0 Å². The minimum atomic E-state index is -3.95. The summed E-state index contributed by atoms with van der Waals surface area (Å²) in [7, 11) is -3.95. The van der Waals surface area contributed by atoms with Gasteiger partial charge in [0.2, 0.25) is 0 Å². The molecule has 0 spiro atoms. The standard InChI is InChI=1S/C10H22N4O5S/c11-9(10(15)16)8-14(20(12,17)18)3-1-2-13-4-6-19-7-5-13/h9H,1-8,11H2,(H,15,16)(H2,12,17,18). The summed E-state index contributed by atoms with van der Waals surface area (Å²) in [5.41, 5.74) is 5.34. The molecule has 1 atom stereocenters. The van der Waals surface area contributed by atoms with E-state index in [-0.39, 0.29) is 13.1 Å². The molecule has 9 nitrogen and oxygen atoms in total. The number of hydrogen-bond donors (Lipinski definition) is 3. The third kappa shape index (κ3) is 6.11. The highest BCUT2D eigenvalue weighted by molar-refractivity contribution is 7.86. The largest absolute Gasteiger partial charge is 0.480 e. The lowest BCUT2D eigenvalue weighted by Gasteiger charge is -2.27. The zero-order valence-corrected chi connectivity index (χ0v) is 12.1. The lowest BCUT2D eigenvalue weighted by atomic mass is 10.3. The monoisotopic (exact) mass is 310 g/mol. The van der Waals surface area contributed by atoms with E-state index in [1.807, 2.05) is 0 Å². The van der Waals surface area contributed by atoms with E-state index in [9.17, 15) is 13.2 Å². The molecule has 1 heterocycles. The molecule has 0 amide bonds. The Morgan fingerprint density at radius 2 is 2.00 bits per heavy atom. The molecule has 0 aromatic rings. The van der Waals surface area contributed by atoms with Gasteiger partial charge in [0.05, 0.1) is 13.2 Å². The number of aliphatic carboxylic acids is 1. The van der Waals surface area contributed by atoms with Crippen LogP contribution in [0.5, 0.6) is 0 Å². The Kier molecular flexibility index (Phi) is 6.79. The zero-order chi connectivity index (χ0) is 15.2. The summed E-state index contributed by atoms with van der Waals surface area (Å²) >= 11 is 0. The number of nitrogens with two attached hydrogens (primary N) is 2. The molecule has 1 unspecified atom stereocenters. The molecule has 1 saturated heterocycles. The maximum Gasteiger partial charge on any atom is 0.321 e. The number of nitrogens with zero attached hydrogens (tertiary/aromatic N) is 2. The molecule has 20 heavy (non-hydrogen) atoms. The first kappa shape index (κ1) is 17.3. The summed E-state index contributed by atoms with van der Waals surface area (Å²) in [5.74, 6) is -1.26. The zero-order valence-electron chi connectivity index (χ0n) is 11.3. The van der Waals surface area contributed by atoms with Crippen LogP contribution in [0, 0.1) is 0 Å². The average molecular weight is 310 g/mol. The second-order valence-corrected chi connectivity index (χ2v) is 6.20. The quantitative estimate of drug-likeness (QED) is 0.455. The van der Waals surface area contributed by atoms with Crippen molar-refractivity contribution in [1.82, 2.24) is 9.21 Å². The molecular weight excluding hydrogens is 288 g/mol. The van der Waals surface area contributed by atoms with Gasteiger partial charge < -0.3 is 15.6 Å². The second-order valence-electron chi connectivity index (χ2n) is 4.66. The summed E-state index contributed by atoms with van der Waals surface area (Å²) in [6.45, 7) is 3.49. The van der Waals surface area contributed by atoms with Crippen molar-refractivity contribution in [3.63, 3.8) is 0 Å². The first-order valence-electron chi connectivity index (χ1n) is 6.37. The summed E-state index contributed by atoms with van der Waals surface area (Å²) < 4.78 is 28.9. The lowest BCUT2D eigenvalue weighted by molar-refractivity contribution is -0.138. The van der Waals surface area contributed by atoms with Gasteiger partial charge in [-0.2, -0.15) is 12.7 Å². The first-order chi connectivity index (χ1) is 9.30. The number of carboxylic acids is 1. The van der Waals surface area contributed by atoms with Crippen LogP contribution in [0.3, 0.4) is 0 Å². The van der Waals surface area contributed by atoms with E-state index >= 15 is 0 Å². The molecule has 10 heteroatoms. The number of hydrogen-bond acceptors (Lipinski definition) is 6. The number of ether oxygens (including phenoxy) is 1. The second kappa shape index (κ2) is 7.86. The van der Waals surface area contributed by atoms with E-state index in [2.05, 4.69) is 4.90 Å². The van der Waals surface area contributed by atoms with Crippen molar-refractivity contribution in [1.29, 1.82) is 0 Å². The van der Waals surface area contributed by atoms with Gasteiger partial charge >= 0.3 is 5.97 Å². The van der Waals surface area contributed by atoms with Crippen molar-refractivity contribution >= 4 is 16.2 Å². The van der Waals surface area contributed by atoms with Crippen LogP contribution in [0.15, 0.2) is 0 Å². The van der Waals surface area contributed by atoms with Crippen molar-refractivity contribution in [2.45, 2.75) is 12.5 Å². The molecule has 1 aliphatic rings. The van der Waals surface area contributed by atoms with E-state index < -0.39 is 22.2 Å². The van der Waals surface area contributed by atoms with E-state index in [4.69, 9.17) is 20.7 Å². The summed E-state index contributed by atoms with van der Waals surface area (Å²) in [6.07, 6.45) is 0.558. The van der Waals surface area contributed by atoms with Gasteiger partial charge in [-0.15, -0.1) is 0 Å². The Morgan fingerprint density at radius 3 is 2.50 bits per heavy atom. The van der Waals surface area contributed by atoms with Crippen molar-refractivity contribution in [2.24, 2.45) is 10.9 Å². The molecule has 118 valence electrons. The third-order valence-electron chi connectivity index (χ3n) is 3.06. The van der Waals surface area contributed by atoms with Crippen molar-refractivity contribution in [3.8, 4) is 0 Å². The van der Waals surface area contributed by atoms with Gasteiger partial charge in [-0.3, -0.25) is 9.69 Å². The minimum absolute atomic E-state index is 0.150. The summed E-state index contributed by atoms with van der Waals surface area (Å²) in [6, 6.07) is -1.28. The molecule has 0 bridgehead atoms. The molecular formula is C10H22N4O5S. The topological polar surface area (TPSA) is 139 Å². The first-order valence-corrected chi connectivity index (χ1v) is 7.87. The fourth-order valence-corrected chi connectivity index (χ4v) is 2.67. The maximum absolute atomic E-state index is 11.4. The van der Waals surface area contributed by atoms with Gasteiger partial charge in [0.25, 0.3) is 10.2 Å². The van der Waals surface area contributed by atoms with Crippen LogP contribution < -0.4 is 10.9 Å². The van der Waals surface area contributed by atoms with Gasteiger partial charge in [-0.25, -0.2) is 5.14 Å². The molecule has 0 aromatic heterocycles. The normalized spacial score (nSPS) is 19.1. The molecule has 0 aliphatic carbocycles. The van der Waals surface area contributed by atoms with Crippen LogP contribution in [-0.4, -0.2) is 80.7 Å². The van der Waals surface area contributed by atoms with E-state index in [0.29, 0.717) is 26.2 Å². The SMILES string of the molecule is NC(CN(CCCN1CCOCC1)S(N)(=O)=O)C(=O)O. The number of rotatable bonds is 8. The fourth-order valence-electron chi connectivity index (χ4n) is 1.92. The van der Waals surface area contributed by atoms with Gasteiger partial charge in [-0.1, -0.05) is 0 Å². The Balaban J connectivity index is 2.42. The van der Waals surface area contributed by atoms with Crippen LogP contribution >= 0.6 is 0 Å². The Bertz CT molecular complexity index is 410. The molecule has 1 aliphatic heterocycles. The predicted molar refractivity (Wildman–Crippen MR) is 72.2 cm³/mol. The maximum atomic E-state index is 11.4. The van der Waals surface area contributed by atoms with Crippen LogP contribution in [-0.2, 0) is 19.7 Å². The van der Waals surface area contributed by atoms with Crippen molar-refractivity contribution in [3.05, 3.63) is 0 Å². The summed E-state index contributed by atoms with van der Waals surface area (Å²) in [4.78, 5) is 12.8. The molecule has 5 N–H and O–H groups in total. The third-order valence-corrected chi connectivity index (χ3v) is 4.11. The van der Waals surface area contributed by atoms with E-state index in [1.165, 1.54) is 0 Å². The molecule has 0 aromatic carbocycles. The highest BCUT2D eigenvalue weighted by Gasteiger charge is 2.23. The Morgan fingerprint density at radius 1 is 1.40 bits per heavy atom. The van der Waals surface area contributed by atoms with Crippen LogP contribution in [0.4, 0.5) is 0 Å². The van der Waals surface area contributed by atoms with Crippen molar-refractivity contribution < 1.29 is 23.1 Å². The molecule has 0 radical (unpaired) electrons. The molecule has 0 saturated carbocycles. The van der Waals surface area contributed by atoms with Gasteiger partial charge in [0.1, 0.15) is 6.04 Å². The predicted octanol–water partition coefficient (Wildman–Crippen LogP) is -2.37. The highest BCUT2D eigenvalue weighted by atomic mass is 32.2. The summed E-state index contributed by atoms with van der Waals surface area (Å²) in [5, 5.41) is 13.8. The van der Waals surface area contributed by atoms with Gasteiger partial charge in [0, 0.05) is 26.2 Å². The Labute approximate surface area is 118 Å². The van der Waals surface area contributed by atoms with E-state index in [0.717, 1.165) is 17.4 Å². The number of morpholine rings is 1. The van der Waals surface area contributed by atoms with Gasteiger partial charge in [0.15, 0.2) is 0 Å². The fraction of sp³-hybridized carbons (Fsp3) is 0.900. The van der Waals surface area contributed by atoms with Crippen molar-refractivity contribution in [2.75, 3.05) is 45.9 Å². The number of carboxylic acid groups (broad SMARTS) is 1. The highest BCUT2D eigenvalue weighted by Crippen LogP contribution is 2.02. The van der Waals surface area contributed by atoms with Crippen LogP contribution in [0.1, 0.15) is 6.42 Å². The minimum Gasteiger partial charge on any atom is -0.480 e. The van der Waals surface area contributed by atoms with Gasteiger partial charge in [-0.05, 0) is 13.0 Å². The van der Waals surface area contributed by atoms with Crippen LogP contribution in [0.25, 0.3) is 0 Å². The average Bonchev–Trinajstić information content (AvgIpc) is 2.37. The molecule has 1 fully saturated rings. The smallest absolute Gasteiger partial charge is 0.321 e. The lowest BCUT2D eigenvalue weighted by Crippen LogP contribution is -2.48.